The molecule has 0 amide bonds. The van der Waals surface area contributed by atoms with Crippen LogP contribution in [-0.4, -0.2) is 5.11 Å². The molecule has 0 saturated carbocycles. The highest BCUT2D eigenvalue weighted by Gasteiger charge is 2.11. The van der Waals surface area contributed by atoms with Gasteiger partial charge in [0.2, 0.25) is 0 Å². The third-order valence-electron chi connectivity index (χ3n) is 2.60. The number of rotatable bonds is 3. The van der Waals surface area contributed by atoms with Gasteiger partial charge >= 0.3 is 0 Å². The molecule has 0 saturated heterocycles. The van der Waals surface area contributed by atoms with Gasteiger partial charge in [0.05, 0.1) is 10.4 Å². The van der Waals surface area contributed by atoms with Crippen LogP contribution < -0.4 is 0 Å². The van der Waals surface area contributed by atoms with Gasteiger partial charge in [-0.2, -0.15) is 0 Å². The van der Waals surface area contributed by atoms with Crippen LogP contribution >= 0.6 is 34.5 Å². The van der Waals surface area contributed by atoms with Crippen molar-refractivity contribution in [3.8, 4) is 0 Å². The number of benzene rings is 1. The van der Waals surface area contributed by atoms with Crippen LogP contribution in [0.15, 0.2) is 30.3 Å². The topological polar surface area (TPSA) is 20.2 Å². The smallest absolute Gasteiger partial charge is 0.0931 e. The molecule has 0 aliphatic carbocycles. The molecule has 1 aromatic carbocycles. The number of hydrogen-bond donors (Lipinski definition) is 1. The molecular weight excluding hydrogens is 275 g/mol. The summed E-state index contributed by atoms with van der Waals surface area (Å²) in [6.45, 7) is 1.94. The van der Waals surface area contributed by atoms with E-state index in [4.69, 9.17) is 23.2 Å². The van der Waals surface area contributed by atoms with Crippen molar-refractivity contribution >= 4 is 34.5 Å². The van der Waals surface area contributed by atoms with E-state index in [9.17, 15) is 5.11 Å². The largest absolute Gasteiger partial charge is 0.388 e. The Labute approximate surface area is 115 Å². The Balaban J connectivity index is 2.14. The lowest BCUT2D eigenvalue weighted by Crippen LogP contribution is -2.00. The van der Waals surface area contributed by atoms with Crippen molar-refractivity contribution in [3.05, 3.63) is 55.7 Å². The maximum Gasteiger partial charge on any atom is 0.0931 e. The zero-order chi connectivity index (χ0) is 12.4. The molecule has 2 rings (SSSR count). The van der Waals surface area contributed by atoms with E-state index in [0.29, 0.717) is 11.4 Å². The lowest BCUT2D eigenvalue weighted by atomic mass is 10.0. The number of aliphatic hydroxyl groups excluding tert-OH is 1. The van der Waals surface area contributed by atoms with Gasteiger partial charge in [-0.1, -0.05) is 35.3 Å². The van der Waals surface area contributed by atoms with Gasteiger partial charge in [-0.3, -0.25) is 0 Å². The van der Waals surface area contributed by atoms with E-state index in [0.717, 1.165) is 20.3 Å². The molecule has 0 fully saturated rings. The Kier molecular flexibility index (Phi) is 4.10. The van der Waals surface area contributed by atoms with Crippen LogP contribution in [-0.2, 0) is 6.42 Å². The van der Waals surface area contributed by atoms with Gasteiger partial charge in [-0.25, -0.2) is 0 Å². The first-order chi connectivity index (χ1) is 8.06. The van der Waals surface area contributed by atoms with Crippen molar-refractivity contribution in [1.29, 1.82) is 0 Å². The second kappa shape index (κ2) is 5.40. The molecule has 1 nitrogen and oxygen atoms in total. The second-order valence-corrected chi connectivity index (χ2v) is 6.14. The molecule has 4 heteroatoms. The Morgan fingerprint density at radius 2 is 2.00 bits per heavy atom. The summed E-state index contributed by atoms with van der Waals surface area (Å²) in [6, 6.07) is 9.42. The van der Waals surface area contributed by atoms with Crippen molar-refractivity contribution in [1.82, 2.24) is 0 Å². The number of aliphatic hydroxyl groups is 1. The van der Waals surface area contributed by atoms with Crippen molar-refractivity contribution in [2.45, 2.75) is 19.4 Å². The lowest BCUT2D eigenvalue weighted by Gasteiger charge is -2.11. The van der Waals surface area contributed by atoms with E-state index in [2.05, 4.69) is 0 Å². The Morgan fingerprint density at radius 3 is 2.59 bits per heavy atom. The first-order valence-electron chi connectivity index (χ1n) is 5.24. The zero-order valence-corrected chi connectivity index (χ0v) is 11.6. The van der Waals surface area contributed by atoms with Gasteiger partial charge < -0.3 is 5.11 Å². The second-order valence-electron chi connectivity index (χ2n) is 3.93. The van der Waals surface area contributed by atoms with Crippen LogP contribution in [0.1, 0.15) is 22.1 Å². The fourth-order valence-corrected chi connectivity index (χ4v) is 2.90. The van der Waals surface area contributed by atoms with Crippen LogP contribution in [0, 0.1) is 6.92 Å². The summed E-state index contributed by atoms with van der Waals surface area (Å²) in [7, 11) is 0. The molecule has 1 unspecified atom stereocenters. The molecule has 90 valence electrons. The molecule has 1 N–H and O–H groups in total. The molecule has 0 aliphatic heterocycles. The number of halogens is 2. The molecule has 17 heavy (non-hydrogen) atoms. The van der Waals surface area contributed by atoms with Crippen LogP contribution in [0.3, 0.4) is 0 Å². The van der Waals surface area contributed by atoms with E-state index in [-0.39, 0.29) is 0 Å². The fourth-order valence-electron chi connectivity index (χ4n) is 1.59. The Bertz CT molecular complexity index is 522. The summed E-state index contributed by atoms with van der Waals surface area (Å²) < 4.78 is 0.745. The highest BCUT2D eigenvalue weighted by Crippen LogP contribution is 2.28. The maximum atomic E-state index is 10.1. The van der Waals surface area contributed by atoms with Crippen LogP contribution in [0.5, 0.6) is 0 Å². The van der Waals surface area contributed by atoms with Gasteiger partial charge in [0, 0.05) is 16.3 Å². The van der Waals surface area contributed by atoms with Gasteiger partial charge in [-0.15, -0.1) is 11.3 Å². The normalized spacial score (nSPS) is 12.7. The van der Waals surface area contributed by atoms with Gasteiger partial charge in [0.1, 0.15) is 0 Å². The Morgan fingerprint density at radius 1 is 1.24 bits per heavy atom. The zero-order valence-electron chi connectivity index (χ0n) is 9.28. The average molecular weight is 287 g/mol. The summed E-state index contributed by atoms with van der Waals surface area (Å²) in [4.78, 5) is 1.07. The minimum Gasteiger partial charge on any atom is -0.388 e. The van der Waals surface area contributed by atoms with Crippen molar-refractivity contribution in [2.24, 2.45) is 0 Å². The van der Waals surface area contributed by atoms with Gasteiger partial charge in [-0.05, 0) is 36.2 Å². The van der Waals surface area contributed by atoms with E-state index in [1.807, 2.05) is 37.3 Å². The van der Waals surface area contributed by atoms with Crippen molar-refractivity contribution in [3.63, 3.8) is 0 Å². The predicted molar refractivity (Wildman–Crippen MR) is 74.2 cm³/mol. The third kappa shape index (κ3) is 3.23. The van der Waals surface area contributed by atoms with Crippen molar-refractivity contribution < 1.29 is 5.11 Å². The van der Waals surface area contributed by atoms with E-state index in [1.54, 1.807) is 0 Å². The number of hydrogen-bond acceptors (Lipinski definition) is 2. The lowest BCUT2D eigenvalue weighted by molar-refractivity contribution is 0.179. The SMILES string of the molecule is Cc1ccc(C(O)Cc2ccc(Cl)s2)cc1Cl. The van der Waals surface area contributed by atoms with Crippen LogP contribution in [0.25, 0.3) is 0 Å². The summed E-state index contributed by atoms with van der Waals surface area (Å²) in [5.41, 5.74) is 1.85. The van der Waals surface area contributed by atoms with Crippen LogP contribution in [0.4, 0.5) is 0 Å². The summed E-state index contributed by atoms with van der Waals surface area (Å²) in [5.74, 6) is 0. The molecular formula is C13H12Cl2OS. The molecule has 0 aliphatic rings. The highest BCUT2D eigenvalue weighted by molar-refractivity contribution is 7.16. The molecule has 1 aromatic heterocycles. The molecule has 1 heterocycles. The van der Waals surface area contributed by atoms with Gasteiger partial charge in [0.25, 0.3) is 0 Å². The third-order valence-corrected chi connectivity index (χ3v) is 4.26. The Hall–Kier alpha value is -0.540. The first-order valence-corrected chi connectivity index (χ1v) is 6.82. The fraction of sp³-hybridized carbons (Fsp3) is 0.231. The quantitative estimate of drug-likeness (QED) is 0.872. The first kappa shape index (κ1) is 12.9. The average Bonchev–Trinajstić information content (AvgIpc) is 2.68. The molecule has 0 bridgehead atoms. The predicted octanol–water partition coefficient (Wildman–Crippen LogP) is 4.64. The monoisotopic (exact) mass is 286 g/mol. The standard InChI is InChI=1S/C13H12Cl2OS/c1-8-2-3-9(6-11(8)14)12(16)7-10-4-5-13(15)17-10/h2-6,12,16H,7H2,1H3. The van der Waals surface area contributed by atoms with Crippen LogP contribution in [0.2, 0.25) is 9.36 Å². The van der Waals surface area contributed by atoms with Crippen molar-refractivity contribution in [2.75, 3.05) is 0 Å². The number of aryl methyl sites for hydroxylation is 1. The maximum absolute atomic E-state index is 10.1. The summed E-state index contributed by atoms with van der Waals surface area (Å²) in [5, 5.41) is 10.8. The summed E-state index contributed by atoms with van der Waals surface area (Å²) in [6.07, 6.45) is 0.0272. The van der Waals surface area contributed by atoms with E-state index < -0.39 is 6.10 Å². The van der Waals surface area contributed by atoms with E-state index in [1.165, 1.54) is 11.3 Å². The van der Waals surface area contributed by atoms with E-state index >= 15 is 0 Å². The molecule has 2 aromatic rings. The highest BCUT2D eigenvalue weighted by atomic mass is 35.5. The molecule has 0 radical (unpaired) electrons. The van der Waals surface area contributed by atoms with Gasteiger partial charge in [0.15, 0.2) is 0 Å². The number of thiophene rings is 1. The molecule has 0 spiro atoms. The summed E-state index contributed by atoms with van der Waals surface area (Å²) >= 11 is 13.4. The minimum absolute atomic E-state index is 0.539. The molecule has 1 atom stereocenters. The minimum atomic E-state index is -0.539.